The van der Waals surface area contributed by atoms with Gasteiger partial charge in [-0.05, 0) is 29.8 Å². The summed E-state index contributed by atoms with van der Waals surface area (Å²) in [6, 6.07) is 12.6. The lowest BCUT2D eigenvalue weighted by atomic mass is 10.2. The molecule has 0 aliphatic heterocycles. The Kier molecular flexibility index (Phi) is 5.84. The standard InChI is InChI=1S/C17H15ClN2O3/c1-21-16-8-14(7-15(18)17(16)22-2)10-20-23-11-13-5-3-12(9-19)4-6-13/h3-8,10H,11H2,1-2H3/b20-10+. The van der Waals surface area contributed by atoms with Gasteiger partial charge >= 0.3 is 0 Å². The summed E-state index contributed by atoms with van der Waals surface area (Å²) in [6.45, 7) is 0.309. The van der Waals surface area contributed by atoms with Gasteiger partial charge in [-0.1, -0.05) is 28.9 Å². The van der Waals surface area contributed by atoms with Crippen molar-refractivity contribution in [3.63, 3.8) is 0 Å². The summed E-state index contributed by atoms with van der Waals surface area (Å²) in [7, 11) is 3.06. The van der Waals surface area contributed by atoms with Crippen LogP contribution in [0.1, 0.15) is 16.7 Å². The van der Waals surface area contributed by atoms with Gasteiger partial charge in [-0.2, -0.15) is 5.26 Å². The molecule has 0 amide bonds. The van der Waals surface area contributed by atoms with Crippen LogP contribution in [0, 0.1) is 11.3 Å². The molecule has 0 fully saturated rings. The second-order valence-corrected chi connectivity index (χ2v) is 4.96. The predicted octanol–water partition coefficient (Wildman–Crippen LogP) is 3.78. The second kappa shape index (κ2) is 8.06. The zero-order valence-corrected chi connectivity index (χ0v) is 13.5. The Hall–Kier alpha value is -2.71. The molecule has 0 saturated carbocycles. The fourth-order valence-corrected chi connectivity index (χ4v) is 2.19. The molecule has 5 nitrogen and oxygen atoms in total. The van der Waals surface area contributed by atoms with E-state index in [9.17, 15) is 0 Å². The third-order valence-corrected chi connectivity index (χ3v) is 3.33. The van der Waals surface area contributed by atoms with Crippen molar-refractivity contribution in [3.8, 4) is 17.6 Å². The first kappa shape index (κ1) is 16.7. The van der Waals surface area contributed by atoms with Gasteiger partial charge in [0.15, 0.2) is 11.5 Å². The van der Waals surface area contributed by atoms with Gasteiger partial charge in [-0.25, -0.2) is 0 Å². The minimum atomic E-state index is 0.309. The number of hydrogen-bond donors (Lipinski definition) is 0. The van der Waals surface area contributed by atoms with E-state index in [1.54, 1.807) is 24.3 Å². The molecule has 0 aliphatic rings. The molecule has 2 aromatic rings. The Bertz CT molecular complexity index is 737. The van der Waals surface area contributed by atoms with Crippen molar-refractivity contribution in [2.45, 2.75) is 6.61 Å². The minimum Gasteiger partial charge on any atom is -0.493 e. The number of benzene rings is 2. The van der Waals surface area contributed by atoms with Crippen LogP contribution in [0.4, 0.5) is 0 Å². The van der Waals surface area contributed by atoms with Crippen LogP contribution in [0.5, 0.6) is 11.5 Å². The minimum absolute atomic E-state index is 0.309. The molecule has 2 aromatic carbocycles. The first-order chi connectivity index (χ1) is 11.2. The summed E-state index contributed by atoms with van der Waals surface area (Å²) >= 11 is 6.12. The van der Waals surface area contributed by atoms with Crippen LogP contribution < -0.4 is 9.47 Å². The number of nitriles is 1. The quantitative estimate of drug-likeness (QED) is 0.597. The summed E-state index contributed by atoms with van der Waals surface area (Å²) in [4.78, 5) is 5.24. The van der Waals surface area contributed by atoms with E-state index in [0.717, 1.165) is 11.1 Å². The largest absolute Gasteiger partial charge is 0.493 e. The zero-order chi connectivity index (χ0) is 16.7. The van der Waals surface area contributed by atoms with Gasteiger partial charge in [0.2, 0.25) is 0 Å². The zero-order valence-electron chi connectivity index (χ0n) is 12.7. The van der Waals surface area contributed by atoms with E-state index in [1.807, 2.05) is 12.1 Å². The van der Waals surface area contributed by atoms with E-state index in [1.165, 1.54) is 20.4 Å². The lowest BCUT2D eigenvalue weighted by Gasteiger charge is -2.09. The van der Waals surface area contributed by atoms with E-state index in [-0.39, 0.29) is 0 Å². The number of rotatable bonds is 6. The van der Waals surface area contributed by atoms with E-state index in [2.05, 4.69) is 11.2 Å². The molecule has 0 bridgehead atoms. The highest BCUT2D eigenvalue weighted by molar-refractivity contribution is 6.32. The third kappa shape index (κ3) is 4.38. The average molecular weight is 331 g/mol. The van der Waals surface area contributed by atoms with Crippen LogP contribution in [0.3, 0.4) is 0 Å². The molecule has 0 spiro atoms. The van der Waals surface area contributed by atoms with Crippen LogP contribution >= 0.6 is 11.6 Å². The molecule has 0 N–H and O–H groups in total. The number of nitrogens with zero attached hydrogens (tertiary/aromatic N) is 2. The van der Waals surface area contributed by atoms with E-state index in [0.29, 0.717) is 28.7 Å². The summed E-state index contributed by atoms with van der Waals surface area (Å²) in [5.74, 6) is 0.998. The van der Waals surface area contributed by atoms with Crippen molar-refractivity contribution in [2.75, 3.05) is 14.2 Å². The van der Waals surface area contributed by atoms with Crippen molar-refractivity contribution in [3.05, 3.63) is 58.1 Å². The van der Waals surface area contributed by atoms with Gasteiger partial charge in [-0.15, -0.1) is 0 Å². The smallest absolute Gasteiger partial charge is 0.179 e. The molecule has 0 atom stereocenters. The number of ether oxygens (including phenoxy) is 2. The Morgan fingerprint density at radius 2 is 1.91 bits per heavy atom. The van der Waals surface area contributed by atoms with Crippen molar-refractivity contribution < 1.29 is 14.3 Å². The predicted molar refractivity (Wildman–Crippen MR) is 88.1 cm³/mol. The Labute approximate surface area is 139 Å². The first-order valence-electron chi connectivity index (χ1n) is 6.74. The normalized spacial score (nSPS) is 10.3. The maximum Gasteiger partial charge on any atom is 0.179 e. The molecule has 2 rings (SSSR count). The number of halogens is 1. The molecule has 6 heteroatoms. The third-order valence-electron chi connectivity index (χ3n) is 3.05. The molecule has 0 unspecified atom stereocenters. The summed E-state index contributed by atoms with van der Waals surface area (Å²) in [5, 5.41) is 13.1. The highest BCUT2D eigenvalue weighted by atomic mass is 35.5. The molecule has 0 aliphatic carbocycles. The van der Waals surface area contributed by atoms with Crippen molar-refractivity contribution in [2.24, 2.45) is 5.16 Å². The molecule has 0 heterocycles. The van der Waals surface area contributed by atoms with Crippen LogP contribution in [0.25, 0.3) is 0 Å². The molecule has 0 saturated heterocycles. The van der Waals surface area contributed by atoms with Crippen molar-refractivity contribution in [1.29, 1.82) is 5.26 Å². The fourth-order valence-electron chi connectivity index (χ4n) is 1.90. The molecule has 0 aromatic heterocycles. The lowest BCUT2D eigenvalue weighted by molar-refractivity contribution is 0.132. The van der Waals surface area contributed by atoms with Crippen molar-refractivity contribution in [1.82, 2.24) is 0 Å². The van der Waals surface area contributed by atoms with Crippen LogP contribution in [-0.2, 0) is 11.4 Å². The molecule has 118 valence electrons. The SMILES string of the molecule is COc1cc(/C=N/OCc2ccc(C#N)cc2)cc(Cl)c1OC. The van der Waals surface area contributed by atoms with Crippen LogP contribution in [0.2, 0.25) is 5.02 Å². The highest BCUT2D eigenvalue weighted by Gasteiger charge is 2.09. The summed E-state index contributed by atoms with van der Waals surface area (Å²) in [6.07, 6.45) is 1.54. The molecule has 0 radical (unpaired) electrons. The van der Waals surface area contributed by atoms with Crippen molar-refractivity contribution >= 4 is 17.8 Å². The lowest BCUT2D eigenvalue weighted by Crippen LogP contribution is -1.94. The Balaban J connectivity index is 2.00. The number of methoxy groups -OCH3 is 2. The Morgan fingerprint density at radius 1 is 1.17 bits per heavy atom. The molecular formula is C17H15ClN2O3. The maximum absolute atomic E-state index is 8.74. The topological polar surface area (TPSA) is 63.8 Å². The van der Waals surface area contributed by atoms with Gasteiger partial charge in [0.1, 0.15) is 6.61 Å². The van der Waals surface area contributed by atoms with Crippen LogP contribution in [-0.4, -0.2) is 20.4 Å². The Morgan fingerprint density at radius 3 is 2.52 bits per heavy atom. The second-order valence-electron chi connectivity index (χ2n) is 4.55. The molecule has 23 heavy (non-hydrogen) atoms. The van der Waals surface area contributed by atoms with E-state index >= 15 is 0 Å². The van der Waals surface area contributed by atoms with Gasteiger partial charge in [0.05, 0.1) is 37.1 Å². The van der Waals surface area contributed by atoms with E-state index in [4.69, 9.17) is 31.2 Å². The first-order valence-corrected chi connectivity index (χ1v) is 7.11. The summed E-state index contributed by atoms with van der Waals surface area (Å²) < 4.78 is 10.4. The maximum atomic E-state index is 8.74. The highest BCUT2D eigenvalue weighted by Crippen LogP contribution is 2.35. The fraction of sp³-hybridized carbons (Fsp3) is 0.176. The average Bonchev–Trinajstić information content (AvgIpc) is 2.58. The van der Waals surface area contributed by atoms with Gasteiger partial charge in [0.25, 0.3) is 0 Å². The van der Waals surface area contributed by atoms with E-state index < -0.39 is 0 Å². The van der Waals surface area contributed by atoms with Gasteiger partial charge in [0, 0.05) is 5.56 Å². The van der Waals surface area contributed by atoms with Gasteiger partial charge < -0.3 is 14.3 Å². The monoisotopic (exact) mass is 330 g/mol. The number of hydrogen-bond acceptors (Lipinski definition) is 5. The molecular weight excluding hydrogens is 316 g/mol. The van der Waals surface area contributed by atoms with Gasteiger partial charge in [-0.3, -0.25) is 0 Å². The summed E-state index contributed by atoms with van der Waals surface area (Å²) in [5.41, 5.74) is 2.26. The van der Waals surface area contributed by atoms with Crippen LogP contribution in [0.15, 0.2) is 41.6 Å². The number of oxime groups is 1.